The first-order valence-corrected chi connectivity index (χ1v) is 6.86. The zero-order valence-electron chi connectivity index (χ0n) is 11.3. The van der Waals surface area contributed by atoms with E-state index in [0.717, 1.165) is 24.8 Å². The summed E-state index contributed by atoms with van der Waals surface area (Å²) in [5, 5.41) is 19.9. The predicted octanol–water partition coefficient (Wildman–Crippen LogP) is 1.13. The lowest BCUT2D eigenvalue weighted by atomic mass is 9.78. The summed E-state index contributed by atoms with van der Waals surface area (Å²) in [6.45, 7) is 0. The Morgan fingerprint density at radius 1 is 1.22 bits per heavy atom. The maximum atomic E-state index is 10.2. The van der Waals surface area contributed by atoms with Crippen LogP contribution in [0.15, 0.2) is 24.3 Å². The highest BCUT2D eigenvalue weighted by Gasteiger charge is 2.35. The van der Waals surface area contributed by atoms with E-state index in [0.29, 0.717) is 11.7 Å². The number of rotatable bonds is 3. The van der Waals surface area contributed by atoms with Crippen LogP contribution in [0, 0.1) is 5.92 Å². The van der Waals surface area contributed by atoms with Crippen LogP contribution in [0.2, 0.25) is 0 Å². The van der Waals surface area contributed by atoms with Gasteiger partial charge in [0.1, 0.15) is 11.8 Å². The summed E-state index contributed by atoms with van der Waals surface area (Å²) >= 11 is 0. The predicted molar refractivity (Wildman–Crippen MR) is 71.6 cm³/mol. The van der Waals surface area contributed by atoms with E-state index in [1.54, 1.807) is 6.07 Å². The molecule has 1 saturated carbocycles. The van der Waals surface area contributed by atoms with E-state index in [2.05, 4.69) is 20.2 Å². The van der Waals surface area contributed by atoms with E-state index in [1.807, 2.05) is 12.1 Å². The molecule has 1 fully saturated rings. The number of hydrogen-bond acceptors (Lipinski definition) is 2. The van der Waals surface area contributed by atoms with Crippen molar-refractivity contribution in [2.45, 2.75) is 37.8 Å². The number of benzene rings is 1. The van der Waals surface area contributed by atoms with Crippen molar-refractivity contribution in [2.75, 3.05) is 14.1 Å². The molecule has 0 bridgehead atoms. The van der Waals surface area contributed by atoms with E-state index in [9.17, 15) is 10.2 Å². The highest BCUT2D eigenvalue weighted by atomic mass is 16.3. The second kappa shape index (κ2) is 5.72. The van der Waals surface area contributed by atoms with Gasteiger partial charge in [0.05, 0.1) is 20.2 Å². The van der Waals surface area contributed by atoms with Crippen LogP contribution in [0.5, 0.6) is 5.75 Å². The Hall–Kier alpha value is -1.06. The van der Waals surface area contributed by atoms with Crippen LogP contribution in [-0.4, -0.2) is 30.4 Å². The van der Waals surface area contributed by atoms with Gasteiger partial charge in [-0.1, -0.05) is 25.0 Å². The van der Waals surface area contributed by atoms with E-state index in [1.165, 1.54) is 11.3 Å². The Kier molecular flexibility index (Phi) is 4.25. The summed E-state index contributed by atoms with van der Waals surface area (Å²) in [5.41, 5.74) is 1.13. The molecule has 1 aromatic carbocycles. The minimum atomic E-state index is -0.207. The Bertz CT molecular complexity index is 392. The molecule has 0 saturated heterocycles. The third-order valence-corrected chi connectivity index (χ3v) is 4.06. The zero-order chi connectivity index (χ0) is 13.1. The SMILES string of the molecule is C[NH+](C)C(c1cccc(O)c1)C1CCCCC1O. The highest BCUT2D eigenvalue weighted by molar-refractivity contribution is 5.29. The first kappa shape index (κ1) is 13.4. The van der Waals surface area contributed by atoms with Crippen molar-refractivity contribution in [3.8, 4) is 5.75 Å². The van der Waals surface area contributed by atoms with Gasteiger partial charge in [0, 0.05) is 11.5 Å². The average molecular weight is 250 g/mol. The molecule has 3 atom stereocenters. The van der Waals surface area contributed by atoms with Gasteiger partial charge >= 0.3 is 0 Å². The number of aliphatic hydroxyl groups excluding tert-OH is 1. The first-order chi connectivity index (χ1) is 8.59. The van der Waals surface area contributed by atoms with Crippen molar-refractivity contribution >= 4 is 0 Å². The molecule has 0 radical (unpaired) electrons. The molecular formula is C15H24NO2+. The van der Waals surface area contributed by atoms with Gasteiger partial charge in [-0.2, -0.15) is 0 Å². The minimum Gasteiger partial charge on any atom is -0.508 e. The summed E-state index contributed by atoms with van der Waals surface area (Å²) < 4.78 is 0. The molecular weight excluding hydrogens is 226 g/mol. The molecule has 0 aromatic heterocycles. The Balaban J connectivity index is 2.27. The molecule has 2 rings (SSSR count). The lowest BCUT2D eigenvalue weighted by Crippen LogP contribution is -3.07. The summed E-state index contributed by atoms with van der Waals surface area (Å²) in [5.74, 6) is 0.606. The Labute approximate surface area is 109 Å². The minimum absolute atomic E-state index is 0.207. The summed E-state index contributed by atoms with van der Waals surface area (Å²) in [4.78, 5) is 1.31. The van der Waals surface area contributed by atoms with E-state index < -0.39 is 0 Å². The quantitative estimate of drug-likeness (QED) is 0.753. The number of nitrogens with one attached hydrogen (secondary N) is 1. The van der Waals surface area contributed by atoms with Crippen LogP contribution in [0.4, 0.5) is 0 Å². The van der Waals surface area contributed by atoms with Crippen molar-refractivity contribution in [1.29, 1.82) is 0 Å². The number of aromatic hydroxyl groups is 1. The Morgan fingerprint density at radius 2 is 1.94 bits per heavy atom. The molecule has 1 aromatic rings. The molecule has 0 spiro atoms. The molecule has 100 valence electrons. The molecule has 3 nitrogen and oxygen atoms in total. The summed E-state index contributed by atoms with van der Waals surface area (Å²) in [7, 11) is 4.24. The van der Waals surface area contributed by atoms with Crippen molar-refractivity contribution in [3.63, 3.8) is 0 Å². The molecule has 3 N–H and O–H groups in total. The van der Waals surface area contributed by atoms with Crippen LogP contribution in [0.25, 0.3) is 0 Å². The molecule has 1 aliphatic rings. The number of aliphatic hydroxyl groups is 1. The lowest BCUT2D eigenvalue weighted by Gasteiger charge is -2.35. The zero-order valence-corrected chi connectivity index (χ0v) is 11.3. The third-order valence-electron chi connectivity index (χ3n) is 4.06. The van der Waals surface area contributed by atoms with Crippen LogP contribution in [0.1, 0.15) is 37.3 Å². The molecule has 0 amide bonds. The topological polar surface area (TPSA) is 44.9 Å². The highest BCUT2D eigenvalue weighted by Crippen LogP contribution is 2.33. The van der Waals surface area contributed by atoms with Crippen LogP contribution in [-0.2, 0) is 0 Å². The van der Waals surface area contributed by atoms with Crippen LogP contribution in [0.3, 0.4) is 0 Å². The van der Waals surface area contributed by atoms with Gasteiger partial charge in [0.25, 0.3) is 0 Å². The summed E-state index contributed by atoms with van der Waals surface area (Å²) in [6.07, 6.45) is 4.11. The van der Waals surface area contributed by atoms with Gasteiger partial charge < -0.3 is 15.1 Å². The normalized spacial score (nSPS) is 26.2. The molecule has 3 unspecified atom stereocenters. The fourth-order valence-corrected chi connectivity index (χ4v) is 3.26. The molecule has 1 aliphatic carbocycles. The van der Waals surface area contributed by atoms with E-state index in [4.69, 9.17) is 0 Å². The van der Waals surface area contributed by atoms with Gasteiger partial charge in [-0.15, -0.1) is 0 Å². The number of quaternary nitrogens is 1. The number of hydrogen-bond donors (Lipinski definition) is 3. The largest absolute Gasteiger partial charge is 0.508 e. The second-order valence-electron chi connectivity index (χ2n) is 5.67. The Morgan fingerprint density at radius 3 is 2.56 bits per heavy atom. The maximum Gasteiger partial charge on any atom is 0.118 e. The molecule has 0 heterocycles. The van der Waals surface area contributed by atoms with Crippen molar-refractivity contribution in [1.82, 2.24) is 0 Å². The lowest BCUT2D eigenvalue weighted by molar-refractivity contribution is -0.897. The monoisotopic (exact) mass is 250 g/mol. The second-order valence-corrected chi connectivity index (χ2v) is 5.67. The molecule has 0 aliphatic heterocycles. The first-order valence-electron chi connectivity index (χ1n) is 6.86. The average Bonchev–Trinajstić information content (AvgIpc) is 2.32. The smallest absolute Gasteiger partial charge is 0.118 e. The fourth-order valence-electron chi connectivity index (χ4n) is 3.26. The maximum absolute atomic E-state index is 10.2. The van der Waals surface area contributed by atoms with Crippen LogP contribution >= 0.6 is 0 Å². The van der Waals surface area contributed by atoms with Crippen molar-refractivity contribution in [2.24, 2.45) is 5.92 Å². The van der Waals surface area contributed by atoms with Crippen molar-refractivity contribution < 1.29 is 15.1 Å². The van der Waals surface area contributed by atoms with Gasteiger partial charge in [-0.05, 0) is 25.0 Å². The third kappa shape index (κ3) is 2.85. The van der Waals surface area contributed by atoms with Crippen LogP contribution < -0.4 is 4.90 Å². The molecule has 3 heteroatoms. The standard InChI is InChI=1S/C15H23NO2/c1-16(2)15(11-6-5-7-12(17)10-11)13-8-3-4-9-14(13)18/h5-7,10,13-15,17-18H,3-4,8-9H2,1-2H3/p+1. The van der Waals surface area contributed by atoms with Gasteiger partial charge in [0.2, 0.25) is 0 Å². The van der Waals surface area contributed by atoms with E-state index in [-0.39, 0.29) is 12.1 Å². The number of phenols is 1. The van der Waals surface area contributed by atoms with E-state index >= 15 is 0 Å². The van der Waals surface area contributed by atoms with Gasteiger partial charge in [-0.25, -0.2) is 0 Å². The number of phenolic OH excluding ortho intramolecular Hbond substituents is 1. The fraction of sp³-hybridized carbons (Fsp3) is 0.600. The van der Waals surface area contributed by atoms with Gasteiger partial charge in [0.15, 0.2) is 0 Å². The van der Waals surface area contributed by atoms with Crippen molar-refractivity contribution in [3.05, 3.63) is 29.8 Å². The summed E-state index contributed by atoms with van der Waals surface area (Å²) in [6, 6.07) is 7.73. The molecule has 18 heavy (non-hydrogen) atoms. The van der Waals surface area contributed by atoms with Gasteiger partial charge in [-0.3, -0.25) is 0 Å².